The molecule has 0 radical (unpaired) electrons. The van der Waals surface area contributed by atoms with Gasteiger partial charge < -0.3 is 9.47 Å². The summed E-state index contributed by atoms with van der Waals surface area (Å²) >= 11 is 0. The molecule has 0 aromatic heterocycles. The van der Waals surface area contributed by atoms with Crippen LogP contribution in [-0.4, -0.2) is 25.0 Å². The normalized spacial score (nSPS) is 21.4. The van der Waals surface area contributed by atoms with Crippen LogP contribution in [0.25, 0.3) is 0 Å². The number of methoxy groups -OCH3 is 1. The molecule has 1 aromatic carbocycles. The van der Waals surface area contributed by atoms with Gasteiger partial charge in [0.05, 0.1) is 18.2 Å². The van der Waals surface area contributed by atoms with Crippen molar-refractivity contribution in [3.63, 3.8) is 0 Å². The van der Waals surface area contributed by atoms with Gasteiger partial charge >= 0.3 is 12.1 Å². The van der Waals surface area contributed by atoms with Gasteiger partial charge in [-0.05, 0) is 26.0 Å². The van der Waals surface area contributed by atoms with Crippen molar-refractivity contribution >= 4 is 11.8 Å². The highest BCUT2D eigenvalue weighted by Gasteiger charge is 2.61. The second-order valence-corrected chi connectivity index (χ2v) is 4.57. The van der Waals surface area contributed by atoms with E-state index in [1.54, 1.807) is 0 Å². The maximum Gasteiger partial charge on any atom is 0.432 e. The van der Waals surface area contributed by atoms with E-state index < -0.39 is 23.5 Å². The number of cyclic esters (lactones) is 1. The van der Waals surface area contributed by atoms with Gasteiger partial charge in [0.15, 0.2) is 5.78 Å². The first-order chi connectivity index (χ1) is 9.11. The number of fused-ring (bicyclic) bond motifs is 1. The average Bonchev–Trinajstić information content (AvgIpc) is 2.60. The van der Waals surface area contributed by atoms with Crippen LogP contribution in [-0.2, 0) is 10.3 Å². The van der Waals surface area contributed by atoms with Crippen LogP contribution >= 0.6 is 0 Å². The van der Waals surface area contributed by atoms with Crippen molar-refractivity contribution in [3.8, 4) is 5.75 Å². The van der Waals surface area contributed by atoms with Gasteiger partial charge in [-0.2, -0.15) is 13.2 Å². The fourth-order valence-electron chi connectivity index (χ4n) is 2.09. The van der Waals surface area contributed by atoms with E-state index in [1.165, 1.54) is 14.0 Å². The Morgan fingerprint density at radius 3 is 2.40 bits per heavy atom. The van der Waals surface area contributed by atoms with Crippen LogP contribution in [0.1, 0.15) is 40.1 Å². The highest BCUT2D eigenvalue weighted by molar-refractivity contribution is 6.01. The Balaban J connectivity index is 2.74. The molecule has 1 atom stereocenters. The number of benzene rings is 1. The summed E-state index contributed by atoms with van der Waals surface area (Å²) in [5, 5.41) is 0. The van der Waals surface area contributed by atoms with E-state index >= 15 is 0 Å². The largest absolute Gasteiger partial charge is 0.496 e. The first-order valence-electron chi connectivity index (χ1n) is 5.65. The smallest absolute Gasteiger partial charge is 0.432 e. The Morgan fingerprint density at radius 2 is 1.95 bits per heavy atom. The van der Waals surface area contributed by atoms with Crippen molar-refractivity contribution in [2.75, 3.05) is 7.11 Å². The fraction of sp³-hybridized carbons (Fsp3) is 0.385. The van der Waals surface area contributed by atoms with Gasteiger partial charge in [-0.1, -0.05) is 0 Å². The number of Topliss-reactive ketones (excluding diaryl/α,β-unsaturated/α-hetero) is 1. The SMILES string of the molecule is COc1cc2c(cc1C(C)=O)C(C)(C(F)(F)F)OC2=O. The van der Waals surface area contributed by atoms with Crippen molar-refractivity contribution in [1.29, 1.82) is 0 Å². The summed E-state index contributed by atoms with van der Waals surface area (Å²) in [7, 11) is 1.26. The van der Waals surface area contributed by atoms with Gasteiger partial charge in [-0.15, -0.1) is 0 Å². The highest BCUT2D eigenvalue weighted by Crippen LogP contribution is 2.49. The molecule has 0 saturated carbocycles. The number of halogens is 3. The molecular weight excluding hydrogens is 277 g/mol. The first kappa shape index (κ1) is 14.4. The summed E-state index contributed by atoms with van der Waals surface area (Å²) in [6.07, 6.45) is -4.78. The molecule has 1 heterocycles. The molecule has 0 spiro atoms. The fourth-order valence-corrected chi connectivity index (χ4v) is 2.09. The molecule has 0 amide bonds. The zero-order valence-corrected chi connectivity index (χ0v) is 10.9. The van der Waals surface area contributed by atoms with Crippen LogP contribution in [0.2, 0.25) is 0 Å². The Labute approximate surface area is 112 Å². The summed E-state index contributed by atoms with van der Waals surface area (Å²) in [6, 6.07) is 2.11. The lowest BCUT2D eigenvalue weighted by molar-refractivity contribution is -0.253. The molecule has 1 aliphatic rings. The zero-order chi connectivity index (χ0) is 15.3. The number of carbonyl (C=O) groups excluding carboxylic acids is 2. The molecule has 7 heteroatoms. The molecule has 0 saturated heterocycles. The second-order valence-electron chi connectivity index (χ2n) is 4.57. The van der Waals surface area contributed by atoms with Crippen LogP contribution in [0, 0.1) is 0 Å². The third-order valence-electron chi connectivity index (χ3n) is 3.29. The van der Waals surface area contributed by atoms with Crippen LogP contribution < -0.4 is 4.74 Å². The van der Waals surface area contributed by atoms with E-state index in [0.29, 0.717) is 0 Å². The van der Waals surface area contributed by atoms with E-state index in [0.717, 1.165) is 19.1 Å². The summed E-state index contributed by atoms with van der Waals surface area (Å²) < 4.78 is 48.8. The molecule has 0 fully saturated rings. The lowest BCUT2D eigenvalue weighted by Gasteiger charge is -2.27. The van der Waals surface area contributed by atoms with Crippen molar-refractivity contribution in [1.82, 2.24) is 0 Å². The molecule has 108 valence electrons. The van der Waals surface area contributed by atoms with Crippen LogP contribution in [0.15, 0.2) is 12.1 Å². The molecule has 0 aliphatic carbocycles. The maximum absolute atomic E-state index is 13.1. The summed E-state index contributed by atoms with van der Waals surface area (Å²) in [4.78, 5) is 23.1. The highest BCUT2D eigenvalue weighted by atomic mass is 19.4. The van der Waals surface area contributed by atoms with Crippen LogP contribution in [0.3, 0.4) is 0 Å². The van der Waals surface area contributed by atoms with E-state index in [-0.39, 0.29) is 22.4 Å². The number of carbonyl (C=O) groups is 2. The Kier molecular flexibility index (Phi) is 3.03. The molecule has 1 aromatic rings. The van der Waals surface area contributed by atoms with Gasteiger partial charge in [0.2, 0.25) is 5.60 Å². The monoisotopic (exact) mass is 288 g/mol. The predicted molar refractivity (Wildman–Crippen MR) is 61.8 cm³/mol. The summed E-state index contributed by atoms with van der Waals surface area (Å²) in [5.74, 6) is -1.51. The van der Waals surface area contributed by atoms with Crippen LogP contribution in [0.4, 0.5) is 13.2 Å². The Hall–Kier alpha value is -2.05. The van der Waals surface area contributed by atoms with E-state index in [2.05, 4.69) is 4.74 Å². The van der Waals surface area contributed by atoms with Crippen molar-refractivity contribution in [3.05, 3.63) is 28.8 Å². The molecule has 0 bridgehead atoms. The number of alkyl halides is 3. The molecule has 1 aliphatic heterocycles. The van der Waals surface area contributed by atoms with E-state index in [1.807, 2.05) is 0 Å². The molecular formula is C13H11F3O4. The van der Waals surface area contributed by atoms with Gasteiger partial charge in [-0.25, -0.2) is 4.79 Å². The van der Waals surface area contributed by atoms with Gasteiger partial charge in [-0.3, -0.25) is 4.79 Å². The van der Waals surface area contributed by atoms with Gasteiger partial charge in [0.25, 0.3) is 0 Å². The second kappa shape index (κ2) is 4.22. The quantitative estimate of drug-likeness (QED) is 0.620. The summed E-state index contributed by atoms with van der Waals surface area (Å²) in [6.45, 7) is 1.96. The van der Waals surface area contributed by atoms with Crippen molar-refractivity contribution in [2.45, 2.75) is 25.6 Å². The Morgan fingerprint density at radius 1 is 1.35 bits per heavy atom. The molecule has 0 N–H and O–H groups in total. The number of rotatable bonds is 2. The molecule has 1 unspecified atom stereocenters. The van der Waals surface area contributed by atoms with Crippen molar-refractivity contribution in [2.24, 2.45) is 0 Å². The van der Waals surface area contributed by atoms with Gasteiger partial charge in [0.1, 0.15) is 5.75 Å². The molecule has 20 heavy (non-hydrogen) atoms. The average molecular weight is 288 g/mol. The topological polar surface area (TPSA) is 52.6 Å². The molecule has 2 rings (SSSR count). The number of ketones is 1. The number of esters is 1. The van der Waals surface area contributed by atoms with E-state index in [9.17, 15) is 22.8 Å². The van der Waals surface area contributed by atoms with Gasteiger partial charge in [0, 0.05) is 5.56 Å². The Bertz CT molecular complexity index is 606. The zero-order valence-electron chi connectivity index (χ0n) is 10.9. The third-order valence-corrected chi connectivity index (χ3v) is 3.29. The number of hydrogen-bond acceptors (Lipinski definition) is 4. The lowest BCUT2D eigenvalue weighted by atomic mass is 9.90. The predicted octanol–water partition coefficient (Wildman–Crippen LogP) is 2.85. The minimum atomic E-state index is -4.78. The first-order valence-corrected chi connectivity index (χ1v) is 5.65. The molecule has 4 nitrogen and oxygen atoms in total. The minimum absolute atomic E-state index is 0.0278. The third kappa shape index (κ3) is 1.85. The number of ether oxygens (including phenoxy) is 2. The lowest BCUT2D eigenvalue weighted by Crippen LogP contribution is -2.39. The van der Waals surface area contributed by atoms with E-state index in [4.69, 9.17) is 4.74 Å². The minimum Gasteiger partial charge on any atom is -0.496 e. The van der Waals surface area contributed by atoms with Crippen LogP contribution in [0.5, 0.6) is 5.75 Å². The standard InChI is InChI=1S/C13H11F3O4/c1-6(17)7-4-9-8(5-10(7)19-3)11(18)20-12(9,2)13(14,15)16/h4-5H,1-3H3. The number of hydrogen-bond donors (Lipinski definition) is 0. The van der Waals surface area contributed by atoms with Crippen molar-refractivity contribution < 1.29 is 32.2 Å². The maximum atomic E-state index is 13.1. The summed E-state index contributed by atoms with van der Waals surface area (Å²) in [5.41, 5.74) is -3.40.